The van der Waals surface area contributed by atoms with Crippen LogP contribution in [0.25, 0.3) is 0 Å². The van der Waals surface area contributed by atoms with Gasteiger partial charge in [0.1, 0.15) is 6.26 Å². The summed E-state index contributed by atoms with van der Waals surface area (Å²) in [6.45, 7) is 0. The van der Waals surface area contributed by atoms with Crippen LogP contribution in [0.3, 0.4) is 0 Å². The number of rotatable bonds is 1. The van der Waals surface area contributed by atoms with E-state index in [-0.39, 0.29) is 0 Å². The molecule has 0 unspecified atom stereocenters. The van der Waals surface area contributed by atoms with Crippen molar-refractivity contribution < 1.29 is 14.2 Å². The molecule has 1 heterocycles. The minimum absolute atomic E-state index is 0.444. The van der Waals surface area contributed by atoms with Crippen LogP contribution in [0.5, 0.6) is 0 Å². The standard InChI is InChI=1S/C4H5O3P/c5-8(6)4-1-2-7-3-4/h1-3,5-6H. The van der Waals surface area contributed by atoms with Crippen LogP contribution in [0.15, 0.2) is 23.0 Å². The first-order valence-corrected chi connectivity index (χ1v) is 3.25. The predicted molar refractivity (Wildman–Crippen MR) is 29.7 cm³/mol. The first-order valence-electron chi connectivity index (χ1n) is 2.01. The highest BCUT2D eigenvalue weighted by Crippen LogP contribution is 2.21. The van der Waals surface area contributed by atoms with Crippen LogP contribution in [0.2, 0.25) is 0 Å². The molecule has 0 saturated carbocycles. The van der Waals surface area contributed by atoms with Gasteiger partial charge in [0.2, 0.25) is 8.38 Å². The van der Waals surface area contributed by atoms with Gasteiger partial charge in [-0.1, -0.05) is 0 Å². The Morgan fingerprint density at radius 2 is 2.25 bits per heavy atom. The van der Waals surface area contributed by atoms with E-state index in [0.29, 0.717) is 5.30 Å². The summed E-state index contributed by atoms with van der Waals surface area (Å²) in [6, 6.07) is 1.52. The first-order chi connectivity index (χ1) is 3.80. The Morgan fingerprint density at radius 3 is 2.50 bits per heavy atom. The molecular weight excluding hydrogens is 127 g/mol. The Hall–Kier alpha value is -0.370. The molecule has 2 N–H and O–H groups in total. The first kappa shape index (κ1) is 5.76. The van der Waals surface area contributed by atoms with Crippen LogP contribution in [0, 0.1) is 0 Å². The Bertz CT molecular complexity index is 146. The SMILES string of the molecule is OP(O)c1ccoc1. The van der Waals surface area contributed by atoms with E-state index in [9.17, 15) is 0 Å². The summed E-state index contributed by atoms with van der Waals surface area (Å²) < 4.78 is 4.57. The lowest BCUT2D eigenvalue weighted by Crippen LogP contribution is -1.91. The van der Waals surface area contributed by atoms with E-state index in [0.717, 1.165) is 0 Å². The molecule has 0 amide bonds. The summed E-state index contributed by atoms with van der Waals surface area (Å²) in [6.07, 6.45) is 2.71. The maximum absolute atomic E-state index is 8.47. The summed E-state index contributed by atoms with van der Waals surface area (Å²) in [5.74, 6) is 0. The van der Waals surface area contributed by atoms with Gasteiger partial charge in [-0.2, -0.15) is 0 Å². The maximum atomic E-state index is 8.47. The van der Waals surface area contributed by atoms with Gasteiger partial charge in [0.15, 0.2) is 0 Å². The molecular formula is C4H5O3P. The number of hydrogen-bond acceptors (Lipinski definition) is 3. The molecule has 0 aliphatic rings. The molecule has 0 aliphatic heterocycles. The molecule has 0 atom stereocenters. The lowest BCUT2D eigenvalue weighted by Gasteiger charge is -1.91. The van der Waals surface area contributed by atoms with Crippen molar-refractivity contribution in [2.45, 2.75) is 0 Å². The number of hydrogen-bond donors (Lipinski definition) is 2. The summed E-state index contributed by atoms with van der Waals surface area (Å²) in [7, 11) is -1.95. The van der Waals surface area contributed by atoms with Crippen LogP contribution in [0.4, 0.5) is 0 Å². The molecule has 0 aliphatic carbocycles. The van der Waals surface area contributed by atoms with Crippen molar-refractivity contribution in [3.63, 3.8) is 0 Å². The van der Waals surface area contributed by atoms with Crippen molar-refractivity contribution in [2.24, 2.45) is 0 Å². The fourth-order valence-electron chi connectivity index (χ4n) is 0.371. The summed E-state index contributed by atoms with van der Waals surface area (Å²) in [5.41, 5.74) is 0. The highest BCUT2D eigenvalue weighted by molar-refractivity contribution is 7.53. The third-order valence-corrected chi connectivity index (χ3v) is 1.45. The van der Waals surface area contributed by atoms with E-state index in [4.69, 9.17) is 9.79 Å². The zero-order chi connectivity index (χ0) is 5.98. The molecule has 44 valence electrons. The average molecular weight is 132 g/mol. The highest BCUT2D eigenvalue weighted by Gasteiger charge is 2.02. The summed E-state index contributed by atoms with van der Waals surface area (Å²) >= 11 is 0. The van der Waals surface area contributed by atoms with E-state index in [2.05, 4.69) is 4.42 Å². The Balaban J connectivity index is 2.77. The van der Waals surface area contributed by atoms with Gasteiger partial charge in [-0.25, -0.2) is 0 Å². The molecule has 0 spiro atoms. The molecule has 1 aromatic rings. The molecule has 4 heteroatoms. The van der Waals surface area contributed by atoms with E-state index in [1.165, 1.54) is 18.6 Å². The topological polar surface area (TPSA) is 53.6 Å². The molecule has 0 radical (unpaired) electrons. The second kappa shape index (κ2) is 2.27. The lowest BCUT2D eigenvalue weighted by atomic mass is 10.7. The average Bonchev–Trinajstić information content (AvgIpc) is 2.12. The van der Waals surface area contributed by atoms with Gasteiger partial charge in [-0.3, -0.25) is 0 Å². The molecule has 0 fully saturated rings. The molecule has 8 heavy (non-hydrogen) atoms. The lowest BCUT2D eigenvalue weighted by molar-refractivity contribution is 0.495. The third-order valence-electron chi connectivity index (χ3n) is 0.737. The van der Waals surface area contributed by atoms with Gasteiger partial charge in [0, 0.05) is 0 Å². The van der Waals surface area contributed by atoms with Crippen LogP contribution in [-0.2, 0) is 0 Å². The second-order valence-electron chi connectivity index (χ2n) is 1.27. The zero-order valence-electron chi connectivity index (χ0n) is 3.98. The highest BCUT2D eigenvalue weighted by atomic mass is 31.2. The van der Waals surface area contributed by atoms with E-state index in [1.54, 1.807) is 0 Å². The smallest absolute Gasteiger partial charge is 0.202 e. The molecule has 3 nitrogen and oxygen atoms in total. The second-order valence-corrected chi connectivity index (χ2v) is 2.37. The van der Waals surface area contributed by atoms with Gasteiger partial charge in [0.05, 0.1) is 11.6 Å². The van der Waals surface area contributed by atoms with Crippen molar-refractivity contribution in [1.82, 2.24) is 0 Å². The largest absolute Gasteiger partial charge is 0.472 e. The fraction of sp³-hybridized carbons (Fsp3) is 0. The minimum Gasteiger partial charge on any atom is -0.472 e. The van der Waals surface area contributed by atoms with Crippen LogP contribution in [0.1, 0.15) is 0 Å². The number of furan rings is 1. The molecule has 0 bridgehead atoms. The van der Waals surface area contributed by atoms with Gasteiger partial charge in [0.25, 0.3) is 0 Å². The van der Waals surface area contributed by atoms with Crippen molar-refractivity contribution >= 4 is 13.7 Å². The predicted octanol–water partition coefficient (Wildman–Crippen LogP) is 0.201. The van der Waals surface area contributed by atoms with Gasteiger partial charge >= 0.3 is 0 Å². The van der Waals surface area contributed by atoms with Crippen LogP contribution in [-0.4, -0.2) is 9.79 Å². The summed E-state index contributed by atoms with van der Waals surface area (Å²) in [5, 5.41) is 0.444. The summed E-state index contributed by atoms with van der Waals surface area (Å²) in [4.78, 5) is 16.9. The van der Waals surface area contributed by atoms with Gasteiger partial charge in [-0.05, 0) is 6.07 Å². The molecule has 1 aromatic heterocycles. The Labute approximate surface area is 47.5 Å². The van der Waals surface area contributed by atoms with Gasteiger partial charge in [-0.15, -0.1) is 0 Å². The molecule has 0 saturated heterocycles. The van der Waals surface area contributed by atoms with E-state index >= 15 is 0 Å². The van der Waals surface area contributed by atoms with Crippen molar-refractivity contribution in [3.8, 4) is 0 Å². The maximum Gasteiger partial charge on any atom is 0.202 e. The van der Waals surface area contributed by atoms with Crippen LogP contribution < -0.4 is 5.30 Å². The van der Waals surface area contributed by atoms with Crippen molar-refractivity contribution in [2.75, 3.05) is 0 Å². The van der Waals surface area contributed by atoms with Crippen molar-refractivity contribution in [1.29, 1.82) is 0 Å². The molecule has 0 aromatic carbocycles. The zero-order valence-corrected chi connectivity index (χ0v) is 4.88. The molecule has 1 rings (SSSR count). The quantitative estimate of drug-likeness (QED) is 0.536. The van der Waals surface area contributed by atoms with Gasteiger partial charge < -0.3 is 14.2 Å². The third kappa shape index (κ3) is 1.07. The van der Waals surface area contributed by atoms with E-state index in [1.807, 2.05) is 0 Å². The van der Waals surface area contributed by atoms with Crippen LogP contribution >= 0.6 is 8.38 Å². The monoisotopic (exact) mass is 132 g/mol. The van der Waals surface area contributed by atoms with E-state index < -0.39 is 8.38 Å². The normalized spacial score (nSPS) is 10.4. The Kier molecular flexibility index (Phi) is 1.63. The minimum atomic E-state index is -1.95. The Morgan fingerprint density at radius 1 is 1.50 bits per heavy atom. The van der Waals surface area contributed by atoms with Crippen molar-refractivity contribution in [3.05, 3.63) is 18.6 Å². The fourth-order valence-corrected chi connectivity index (χ4v) is 0.720.